The Morgan fingerprint density at radius 1 is 1.52 bits per heavy atom. The lowest BCUT2D eigenvalue weighted by Crippen LogP contribution is -2.60. The number of nitrogens with zero attached hydrogens (tertiary/aromatic N) is 1. The first-order valence-corrected chi connectivity index (χ1v) is 7.95. The van der Waals surface area contributed by atoms with E-state index in [-0.39, 0.29) is 11.4 Å². The van der Waals surface area contributed by atoms with E-state index in [1.54, 1.807) is 0 Å². The highest BCUT2D eigenvalue weighted by molar-refractivity contribution is 8.22. The van der Waals surface area contributed by atoms with Crippen LogP contribution in [-0.2, 0) is 14.4 Å². The Bertz CT molecular complexity index is 536. The average molecular weight is 333 g/mol. The molecule has 2 aliphatic rings. The number of aliphatic hydroxyl groups is 1. The van der Waals surface area contributed by atoms with E-state index >= 15 is 0 Å². The molecule has 0 aliphatic carbocycles. The minimum absolute atomic E-state index is 0.117. The molecule has 1 fully saturated rings. The van der Waals surface area contributed by atoms with Crippen molar-refractivity contribution in [3.63, 3.8) is 0 Å². The molecule has 2 aliphatic heterocycles. The van der Waals surface area contributed by atoms with Gasteiger partial charge in [0.15, 0.2) is 5.70 Å². The number of hydrogen-bond acceptors (Lipinski definition) is 7. The van der Waals surface area contributed by atoms with E-state index in [0.717, 1.165) is 11.8 Å². The molecule has 21 heavy (non-hydrogen) atoms. The summed E-state index contributed by atoms with van der Waals surface area (Å²) in [5.41, 5.74) is 10.4. The van der Waals surface area contributed by atoms with Gasteiger partial charge in [0, 0.05) is 5.75 Å². The highest BCUT2D eigenvalue weighted by Gasteiger charge is 2.57. The van der Waals surface area contributed by atoms with Crippen molar-refractivity contribution in [3.8, 4) is 0 Å². The molecule has 8 nitrogen and oxygen atoms in total. The van der Waals surface area contributed by atoms with Crippen molar-refractivity contribution in [2.24, 2.45) is 17.4 Å². The normalized spacial score (nSPS) is 27.2. The van der Waals surface area contributed by atoms with Crippen LogP contribution in [0.4, 0.5) is 0 Å². The van der Waals surface area contributed by atoms with Gasteiger partial charge >= 0.3 is 5.97 Å². The van der Waals surface area contributed by atoms with E-state index in [0.29, 0.717) is 4.24 Å². The van der Waals surface area contributed by atoms with E-state index in [4.69, 9.17) is 11.5 Å². The van der Waals surface area contributed by atoms with Gasteiger partial charge in [-0.25, -0.2) is 4.79 Å². The van der Waals surface area contributed by atoms with Crippen LogP contribution in [0.5, 0.6) is 0 Å². The second kappa shape index (κ2) is 5.87. The lowest BCUT2D eigenvalue weighted by atomic mass is 9.92. The lowest BCUT2D eigenvalue weighted by Gasteiger charge is -2.43. The fraction of sp³-hybridized carbons (Fsp3) is 0.545. The number of nitrogens with two attached hydrogens (primary N) is 2. The van der Waals surface area contributed by atoms with Crippen LogP contribution in [0.3, 0.4) is 0 Å². The summed E-state index contributed by atoms with van der Waals surface area (Å²) in [6.07, 6.45) is -0.849. The molecule has 0 spiro atoms. The van der Waals surface area contributed by atoms with Crippen LogP contribution in [0, 0.1) is 5.92 Å². The second-order valence-electron chi connectivity index (χ2n) is 4.74. The minimum atomic E-state index is -1.22. The molecule has 1 unspecified atom stereocenters. The molecule has 6 N–H and O–H groups in total. The zero-order valence-corrected chi connectivity index (χ0v) is 12.7. The largest absolute Gasteiger partial charge is 0.477 e. The Labute approximate surface area is 128 Å². The summed E-state index contributed by atoms with van der Waals surface area (Å²) in [6.45, 7) is 1.50. The third-order valence-electron chi connectivity index (χ3n) is 3.23. The summed E-state index contributed by atoms with van der Waals surface area (Å²) in [7, 11) is 0. The van der Waals surface area contributed by atoms with Crippen molar-refractivity contribution in [2.45, 2.75) is 24.4 Å². The molecule has 2 heterocycles. The molecule has 4 atom stereocenters. The number of fused-ring (bicyclic) bond motifs is 1. The molecule has 0 aromatic heterocycles. The fourth-order valence-corrected chi connectivity index (χ4v) is 5.01. The highest BCUT2D eigenvalue weighted by Crippen LogP contribution is 2.53. The quantitative estimate of drug-likeness (QED) is 0.438. The number of amides is 2. The molecule has 0 aromatic rings. The minimum Gasteiger partial charge on any atom is -0.477 e. The lowest BCUT2D eigenvalue weighted by molar-refractivity contribution is -0.156. The van der Waals surface area contributed by atoms with Gasteiger partial charge in [0.2, 0.25) is 11.8 Å². The van der Waals surface area contributed by atoms with Gasteiger partial charge in [-0.2, -0.15) is 0 Å². The number of thioether (sulfide) groups is 2. The van der Waals surface area contributed by atoms with Gasteiger partial charge in [-0.1, -0.05) is 11.8 Å². The Hall–Kier alpha value is -1.23. The molecule has 0 aromatic carbocycles. The Morgan fingerprint density at radius 2 is 2.14 bits per heavy atom. The van der Waals surface area contributed by atoms with Gasteiger partial charge in [0.25, 0.3) is 0 Å². The van der Waals surface area contributed by atoms with E-state index in [9.17, 15) is 24.6 Å². The van der Waals surface area contributed by atoms with E-state index in [1.807, 2.05) is 0 Å². The van der Waals surface area contributed by atoms with Gasteiger partial charge < -0.3 is 21.7 Å². The Morgan fingerprint density at radius 3 is 2.62 bits per heavy atom. The standard InChI is InChI=1S/C11H15N3O5S2/c1-3(15)5-8(17)14-6(10(18)19)11(21-9(5)14)20-2-4(12)7(13)16/h3-5,9,15H,2,12H2,1H3,(H2,13,16)(H,18,19)/t3?,4-,5-,9+/m0/s1. The number of aliphatic hydroxyl groups excluding tert-OH is 1. The zero-order chi connectivity index (χ0) is 15.9. The summed E-state index contributed by atoms with van der Waals surface area (Å²) in [5, 5.41) is 18.4. The molecular weight excluding hydrogens is 318 g/mol. The van der Waals surface area contributed by atoms with Crippen LogP contribution in [0.15, 0.2) is 9.93 Å². The summed E-state index contributed by atoms with van der Waals surface area (Å²) < 4.78 is 0.403. The third kappa shape index (κ3) is 2.76. The maximum atomic E-state index is 11.9. The number of carbonyl (C=O) groups is 3. The molecule has 10 heteroatoms. The van der Waals surface area contributed by atoms with Crippen LogP contribution in [-0.4, -0.2) is 56.2 Å². The van der Waals surface area contributed by atoms with Crippen LogP contribution in [0.1, 0.15) is 6.92 Å². The topological polar surface area (TPSA) is 147 Å². The number of carbonyl (C=O) groups excluding carboxylic acids is 2. The first-order valence-electron chi connectivity index (χ1n) is 6.08. The first kappa shape index (κ1) is 16.1. The summed E-state index contributed by atoms with van der Waals surface area (Å²) in [4.78, 5) is 35.3. The van der Waals surface area contributed by atoms with Crippen molar-refractivity contribution in [1.29, 1.82) is 0 Å². The number of aliphatic carboxylic acids is 1. The number of rotatable bonds is 6. The Kier molecular flexibility index (Phi) is 4.51. The molecule has 2 amide bonds. The zero-order valence-electron chi connectivity index (χ0n) is 11.1. The number of primary amides is 1. The van der Waals surface area contributed by atoms with Crippen LogP contribution in [0.25, 0.3) is 0 Å². The SMILES string of the molecule is CC(O)[C@H]1C(=O)N2C(C(=O)O)=C(SC[C@H](N)C(N)=O)S[C@H]12. The van der Waals surface area contributed by atoms with Crippen molar-refractivity contribution in [3.05, 3.63) is 9.93 Å². The van der Waals surface area contributed by atoms with E-state index in [1.165, 1.54) is 23.6 Å². The predicted octanol–water partition coefficient (Wildman–Crippen LogP) is -1.30. The molecule has 0 bridgehead atoms. The van der Waals surface area contributed by atoms with Crippen molar-refractivity contribution >= 4 is 41.3 Å². The molecule has 0 saturated carbocycles. The third-order valence-corrected chi connectivity index (χ3v) is 6.00. The summed E-state index contributed by atoms with van der Waals surface area (Å²) in [6, 6.07) is -0.894. The van der Waals surface area contributed by atoms with Gasteiger partial charge in [0.05, 0.1) is 22.3 Å². The Balaban J connectivity index is 2.15. The molecule has 116 valence electrons. The number of β-lactam (4-membered cyclic amide) rings is 1. The number of carboxylic acids is 1. The summed E-state index contributed by atoms with van der Waals surface area (Å²) >= 11 is 2.27. The van der Waals surface area contributed by atoms with Crippen LogP contribution < -0.4 is 11.5 Å². The van der Waals surface area contributed by atoms with Gasteiger partial charge in [0.1, 0.15) is 5.37 Å². The molecule has 2 rings (SSSR count). The van der Waals surface area contributed by atoms with Gasteiger partial charge in [-0.15, -0.1) is 11.8 Å². The van der Waals surface area contributed by atoms with Gasteiger partial charge in [-0.05, 0) is 6.92 Å². The monoisotopic (exact) mass is 333 g/mol. The van der Waals surface area contributed by atoms with Crippen molar-refractivity contribution < 1.29 is 24.6 Å². The average Bonchev–Trinajstić information content (AvgIpc) is 2.69. The van der Waals surface area contributed by atoms with E-state index < -0.39 is 41.2 Å². The second-order valence-corrected chi connectivity index (χ2v) is 7.16. The molecular formula is C11H15N3O5S2. The molecule has 1 saturated heterocycles. The highest BCUT2D eigenvalue weighted by atomic mass is 32.2. The molecule has 0 radical (unpaired) electrons. The van der Waals surface area contributed by atoms with Crippen molar-refractivity contribution in [1.82, 2.24) is 4.90 Å². The fourth-order valence-electron chi connectivity index (χ4n) is 2.10. The maximum Gasteiger partial charge on any atom is 0.354 e. The summed E-state index contributed by atoms with van der Waals surface area (Å²) in [5.74, 6) is -2.80. The smallest absolute Gasteiger partial charge is 0.354 e. The predicted molar refractivity (Wildman–Crippen MR) is 77.7 cm³/mol. The van der Waals surface area contributed by atoms with E-state index in [2.05, 4.69) is 0 Å². The maximum absolute atomic E-state index is 11.9. The number of hydrogen-bond donors (Lipinski definition) is 4. The van der Waals surface area contributed by atoms with Gasteiger partial charge in [-0.3, -0.25) is 14.5 Å². The number of carboxylic acid groups (broad SMARTS) is 1. The van der Waals surface area contributed by atoms with Crippen molar-refractivity contribution in [2.75, 3.05) is 5.75 Å². The first-order chi connectivity index (χ1) is 9.75. The van der Waals surface area contributed by atoms with Crippen LogP contribution in [0.2, 0.25) is 0 Å². The van der Waals surface area contributed by atoms with Crippen LogP contribution >= 0.6 is 23.5 Å².